The van der Waals surface area contributed by atoms with E-state index in [-0.39, 0.29) is 0 Å². The summed E-state index contributed by atoms with van der Waals surface area (Å²) in [4.78, 5) is 0. The number of hydrogen-bond donors (Lipinski definition) is 1. The molecule has 1 heteroatoms. The second-order valence-electron chi connectivity index (χ2n) is 5.97. The van der Waals surface area contributed by atoms with Crippen LogP contribution in [0.2, 0.25) is 0 Å². The van der Waals surface area contributed by atoms with Crippen LogP contribution in [0, 0.1) is 17.8 Å². The third-order valence-corrected chi connectivity index (χ3v) is 3.60. The smallest absolute Gasteiger partial charge is 0.00966 e. The van der Waals surface area contributed by atoms with E-state index in [1.165, 1.54) is 32.2 Å². The molecule has 0 heterocycles. The zero-order chi connectivity index (χ0) is 9.47. The third-order valence-electron chi connectivity index (χ3n) is 3.60. The molecule has 0 amide bonds. The summed E-state index contributed by atoms with van der Waals surface area (Å²) in [6, 6.07) is 0. The summed E-state index contributed by atoms with van der Waals surface area (Å²) in [6.07, 6.45) is 6.04. The van der Waals surface area contributed by atoms with Crippen LogP contribution in [0.1, 0.15) is 46.5 Å². The summed E-state index contributed by atoms with van der Waals surface area (Å²) in [5.41, 5.74) is 0.309. The zero-order valence-electron chi connectivity index (χ0n) is 9.27. The van der Waals surface area contributed by atoms with Crippen molar-refractivity contribution in [2.45, 2.75) is 52.0 Å². The number of rotatable bonds is 3. The molecule has 0 aromatic rings. The number of hydrogen-bond acceptors (Lipinski definition) is 1. The minimum Gasteiger partial charge on any atom is -0.312 e. The van der Waals surface area contributed by atoms with Crippen LogP contribution >= 0.6 is 0 Å². The van der Waals surface area contributed by atoms with E-state index in [1.807, 2.05) is 0 Å². The molecule has 76 valence electrons. The summed E-state index contributed by atoms with van der Waals surface area (Å²) in [5.74, 6) is 3.22. The van der Waals surface area contributed by atoms with Crippen molar-refractivity contribution in [3.05, 3.63) is 0 Å². The Kier molecular flexibility index (Phi) is 2.39. The molecule has 1 N–H and O–H groups in total. The maximum absolute atomic E-state index is 3.64. The van der Waals surface area contributed by atoms with E-state index in [2.05, 4.69) is 26.1 Å². The Hall–Kier alpha value is -0.0400. The second kappa shape index (κ2) is 3.27. The summed E-state index contributed by atoms with van der Waals surface area (Å²) >= 11 is 0. The largest absolute Gasteiger partial charge is 0.312 e. The van der Waals surface area contributed by atoms with E-state index >= 15 is 0 Å². The van der Waals surface area contributed by atoms with Crippen LogP contribution < -0.4 is 5.32 Å². The van der Waals surface area contributed by atoms with Gasteiger partial charge in [-0.05, 0) is 70.8 Å². The van der Waals surface area contributed by atoms with Crippen molar-refractivity contribution in [1.29, 1.82) is 0 Å². The molecule has 0 radical (unpaired) electrons. The minimum absolute atomic E-state index is 0.309. The SMILES string of the molecule is CC(C)(C)NCC1CCC1C1CC1. The van der Waals surface area contributed by atoms with Crippen LogP contribution in [0.5, 0.6) is 0 Å². The molecule has 0 aliphatic heterocycles. The Morgan fingerprint density at radius 3 is 2.15 bits per heavy atom. The molecule has 2 saturated carbocycles. The lowest BCUT2D eigenvalue weighted by Crippen LogP contribution is -2.44. The van der Waals surface area contributed by atoms with E-state index in [4.69, 9.17) is 0 Å². The number of nitrogens with one attached hydrogen (secondary N) is 1. The Bertz CT molecular complexity index is 176. The average molecular weight is 181 g/mol. The molecular formula is C12H23N. The quantitative estimate of drug-likeness (QED) is 0.706. The molecule has 2 rings (SSSR count). The van der Waals surface area contributed by atoms with E-state index in [9.17, 15) is 0 Å². The lowest BCUT2D eigenvalue weighted by atomic mass is 9.70. The highest BCUT2D eigenvalue weighted by Crippen LogP contribution is 2.50. The van der Waals surface area contributed by atoms with E-state index in [1.54, 1.807) is 0 Å². The van der Waals surface area contributed by atoms with Crippen molar-refractivity contribution in [3.8, 4) is 0 Å². The molecule has 0 saturated heterocycles. The fourth-order valence-electron chi connectivity index (χ4n) is 2.43. The molecule has 0 spiro atoms. The van der Waals surface area contributed by atoms with Gasteiger partial charge >= 0.3 is 0 Å². The first-order valence-electron chi connectivity index (χ1n) is 5.81. The van der Waals surface area contributed by atoms with Gasteiger partial charge in [0.25, 0.3) is 0 Å². The molecule has 13 heavy (non-hydrogen) atoms. The molecule has 0 bridgehead atoms. The summed E-state index contributed by atoms with van der Waals surface area (Å²) in [7, 11) is 0. The van der Waals surface area contributed by atoms with E-state index < -0.39 is 0 Å². The van der Waals surface area contributed by atoms with Gasteiger partial charge in [-0.1, -0.05) is 0 Å². The van der Waals surface area contributed by atoms with Crippen molar-refractivity contribution in [3.63, 3.8) is 0 Å². The van der Waals surface area contributed by atoms with Gasteiger partial charge in [0.15, 0.2) is 0 Å². The second-order valence-corrected chi connectivity index (χ2v) is 5.97. The van der Waals surface area contributed by atoms with Crippen molar-refractivity contribution in [2.75, 3.05) is 6.54 Å². The molecule has 2 unspecified atom stereocenters. The first kappa shape index (κ1) is 9.51. The fraction of sp³-hybridized carbons (Fsp3) is 1.00. The van der Waals surface area contributed by atoms with Crippen LogP contribution in [0.15, 0.2) is 0 Å². The van der Waals surface area contributed by atoms with Gasteiger partial charge in [0, 0.05) is 5.54 Å². The van der Waals surface area contributed by atoms with Crippen LogP contribution in [0.4, 0.5) is 0 Å². The molecule has 0 aromatic carbocycles. The summed E-state index contributed by atoms with van der Waals surface area (Å²) in [6.45, 7) is 8.04. The highest BCUT2D eigenvalue weighted by Gasteiger charge is 2.41. The monoisotopic (exact) mass is 181 g/mol. The molecule has 2 fully saturated rings. The van der Waals surface area contributed by atoms with Gasteiger partial charge in [0.1, 0.15) is 0 Å². The predicted octanol–water partition coefficient (Wildman–Crippen LogP) is 2.81. The lowest BCUT2D eigenvalue weighted by molar-refractivity contribution is 0.137. The normalized spacial score (nSPS) is 34.4. The van der Waals surface area contributed by atoms with Crippen LogP contribution in [-0.2, 0) is 0 Å². The topological polar surface area (TPSA) is 12.0 Å². The van der Waals surface area contributed by atoms with Gasteiger partial charge in [-0.2, -0.15) is 0 Å². The average Bonchev–Trinajstić information content (AvgIpc) is 2.66. The Morgan fingerprint density at radius 2 is 1.77 bits per heavy atom. The third kappa shape index (κ3) is 2.46. The first-order chi connectivity index (χ1) is 6.06. The van der Waals surface area contributed by atoms with Crippen LogP contribution in [0.3, 0.4) is 0 Å². The maximum Gasteiger partial charge on any atom is 0.00966 e. The standard InChI is InChI=1S/C12H23N/c1-12(2,3)13-8-10-6-7-11(10)9-4-5-9/h9-11,13H,4-8H2,1-3H3. The minimum atomic E-state index is 0.309. The van der Waals surface area contributed by atoms with Gasteiger partial charge in [0.05, 0.1) is 0 Å². The van der Waals surface area contributed by atoms with Gasteiger partial charge < -0.3 is 5.32 Å². The molecule has 2 aliphatic carbocycles. The van der Waals surface area contributed by atoms with Gasteiger partial charge in [-0.15, -0.1) is 0 Å². The van der Waals surface area contributed by atoms with E-state index in [0.29, 0.717) is 5.54 Å². The highest BCUT2D eigenvalue weighted by molar-refractivity contribution is 4.93. The lowest BCUT2D eigenvalue weighted by Gasteiger charge is -2.39. The summed E-state index contributed by atoms with van der Waals surface area (Å²) in [5, 5.41) is 3.64. The van der Waals surface area contributed by atoms with Crippen molar-refractivity contribution < 1.29 is 0 Å². The van der Waals surface area contributed by atoms with Crippen molar-refractivity contribution in [1.82, 2.24) is 5.32 Å². The predicted molar refractivity (Wildman–Crippen MR) is 56.7 cm³/mol. The van der Waals surface area contributed by atoms with E-state index in [0.717, 1.165) is 17.8 Å². The van der Waals surface area contributed by atoms with Crippen molar-refractivity contribution in [2.24, 2.45) is 17.8 Å². The van der Waals surface area contributed by atoms with Gasteiger partial charge in [0.2, 0.25) is 0 Å². The Labute approximate surface area is 82.3 Å². The van der Waals surface area contributed by atoms with Crippen LogP contribution in [0.25, 0.3) is 0 Å². The zero-order valence-corrected chi connectivity index (χ0v) is 9.27. The fourth-order valence-corrected chi connectivity index (χ4v) is 2.43. The van der Waals surface area contributed by atoms with Crippen LogP contribution in [-0.4, -0.2) is 12.1 Å². The molecule has 2 atom stereocenters. The molecule has 1 nitrogen and oxygen atoms in total. The maximum atomic E-state index is 3.64. The van der Waals surface area contributed by atoms with Gasteiger partial charge in [-0.3, -0.25) is 0 Å². The molecule has 0 aromatic heterocycles. The van der Waals surface area contributed by atoms with Gasteiger partial charge in [-0.25, -0.2) is 0 Å². The molecule has 2 aliphatic rings. The molecular weight excluding hydrogens is 158 g/mol. The van der Waals surface area contributed by atoms with Crippen molar-refractivity contribution >= 4 is 0 Å². The first-order valence-corrected chi connectivity index (χ1v) is 5.81. The highest BCUT2D eigenvalue weighted by atomic mass is 14.9. The Morgan fingerprint density at radius 1 is 1.08 bits per heavy atom. The summed E-state index contributed by atoms with van der Waals surface area (Å²) < 4.78 is 0. The Balaban J connectivity index is 1.70.